The van der Waals surface area contributed by atoms with E-state index in [9.17, 15) is 4.79 Å². The summed E-state index contributed by atoms with van der Waals surface area (Å²) >= 11 is 0. The average Bonchev–Trinajstić information content (AvgIpc) is 2.50. The molecule has 0 heterocycles. The van der Waals surface area contributed by atoms with Gasteiger partial charge in [0.05, 0.1) is 0 Å². The summed E-state index contributed by atoms with van der Waals surface area (Å²) in [7, 11) is 0. The van der Waals surface area contributed by atoms with Crippen molar-refractivity contribution < 1.29 is 9.90 Å². The van der Waals surface area contributed by atoms with Crippen LogP contribution in [0.4, 0.5) is 0 Å². The molecule has 0 aliphatic rings. The van der Waals surface area contributed by atoms with Crippen molar-refractivity contribution in [2.75, 3.05) is 0 Å². The maximum atomic E-state index is 10.9. The van der Waals surface area contributed by atoms with Gasteiger partial charge < -0.3 is 5.11 Å². The van der Waals surface area contributed by atoms with Crippen LogP contribution in [0.2, 0.25) is 0 Å². The lowest BCUT2D eigenvalue weighted by atomic mass is 9.89. The van der Waals surface area contributed by atoms with Crippen LogP contribution in [0.15, 0.2) is 12.2 Å². The lowest BCUT2D eigenvalue weighted by Gasteiger charge is -2.17. The van der Waals surface area contributed by atoms with Gasteiger partial charge in [0, 0.05) is 5.57 Å². The van der Waals surface area contributed by atoms with E-state index in [0.29, 0.717) is 17.9 Å². The molecule has 0 amide bonds. The zero-order valence-corrected chi connectivity index (χ0v) is 15.0. The summed E-state index contributed by atoms with van der Waals surface area (Å²) in [6.07, 6.45) is 17.5. The van der Waals surface area contributed by atoms with Crippen LogP contribution in [-0.4, -0.2) is 11.1 Å². The van der Waals surface area contributed by atoms with Gasteiger partial charge in [-0.05, 0) is 18.8 Å². The lowest BCUT2D eigenvalue weighted by Crippen LogP contribution is -2.05. The number of carbonyl (C=O) groups is 1. The van der Waals surface area contributed by atoms with E-state index in [4.69, 9.17) is 5.11 Å². The summed E-state index contributed by atoms with van der Waals surface area (Å²) in [5.74, 6) is -0.137. The maximum absolute atomic E-state index is 10.9. The first-order chi connectivity index (χ1) is 10.6. The molecule has 0 aliphatic heterocycles. The minimum Gasteiger partial charge on any atom is -0.478 e. The third-order valence-electron chi connectivity index (χ3n) is 4.59. The molecule has 1 N–H and O–H groups in total. The van der Waals surface area contributed by atoms with Gasteiger partial charge in [-0.15, -0.1) is 0 Å². The van der Waals surface area contributed by atoms with Crippen molar-refractivity contribution in [3.63, 3.8) is 0 Å². The SMILES string of the molecule is C=C(CCC(CCCCC)CCCCCCCCC)C(=O)O. The second-order valence-corrected chi connectivity index (χ2v) is 6.72. The van der Waals surface area contributed by atoms with Crippen molar-refractivity contribution in [1.29, 1.82) is 0 Å². The van der Waals surface area contributed by atoms with E-state index < -0.39 is 5.97 Å². The smallest absolute Gasteiger partial charge is 0.330 e. The molecule has 0 fully saturated rings. The number of hydrogen-bond donors (Lipinski definition) is 1. The van der Waals surface area contributed by atoms with Crippen LogP contribution < -0.4 is 0 Å². The van der Waals surface area contributed by atoms with Crippen LogP contribution in [0.5, 0.6) is 0 Å². The molecule has 0 rings (SSSR count). The molecule has 22 heavy (non-hydrogen) atoms. The Morgan fingerprint density at radius 1 is 0.818 bits per heavy atom. The minimum absolute atomic E-state index is 0.375. The fourth-order valence-corrected chi connectivity index (χ4v) is 2.99. The van der Waals surface area contributed by atoms with Crippen molar-refractivity contribution in [3.8, 4) is 0 Å². The molecular formula is C20H38O2. The van der Waals surface area contributed by atoms with Gasteiger partial charge in [0.25, 0.3) is 0 Å². The minimum atomic E-state index is -0.830. The lowest BCUT2D eigenvalue weighted by molar-refractivity contribution is -0.132. The van der Waals surface area contributed by atoms with Crippen molar-refractivity contribution in [2.45, 2.75) is 104 Å². The highest BCUT2D eigenvalue weighted by atomic mass is 16.4. The van der Waals surface area contributed by atoms with Gasteiger partial charge in [-0.1, -0.05) is 97.5 Å². The molecule has 0 aromatic carbocycles. The molecule has 1 unspecified atom stereocenters. The predicted molar refractivity (Wildman–Crippen MR) is 96.3 cm³/mol. The molecule has 0 bridgehead atoms. The Bertz CT molecular complexity index is 283. The van der Waals surface area contributed by atoms with Gasteiger partial charge in [-0.25, -0.2) is 4.79 Å². The van der Waals surface area contributed by atoms with E-state index in [1.807, 2.05) is 0 Å². The molecular weight excluding hydrogens is 272 g/mol. The molecule has 0 aromatic rings. The topological polar surface area (TPSA) is 37.3 Å². The number of hydrogen-bond acceptors (Lipinski definition) is 1. The van der Waals surface area contributed by atoms with Gasteiger partial charge >= 0.3 is 5.97 Å². The molecule has 0 saturated carbocycles. The highest BCUT2D eigenvalue weighted by Crippen LogP contribution is 2.24. The van der Waals surface area contributed by atoms with Crippen molar-refractivity contribution in [3.05, 3.63) is 12.2 Å². The number of aliphatic carboxylic acids is 1. The Balaban J connectivity index is 3.86. The predicted octanol–water partition coefficient (Wildman–Crippen LogP) is 6.74. The number of unbranched alkanes of at least 4 members (excludes halogenated alkanes) is 8. The van der Waals surface area contributed by atoms with Gasteiger partial charge in [0.15, 0.2) is 0 Å². The van der Waals surface area contributed by atoms with Gasteiger partial charge in [0.1, 0.15) is 0 Å². The molecule has 0 aliphatic carbocycles. The van der Waals surface area contributed by atoms with Crippen LogP contribution in [-0.2, 0) is 4.79 Å². The molecule has 2 nitrogen and oxygen atoms in total. The van der Waals surface area contributed by atoms with E-state index in [1.54, 1.807) is 0 Å². The Morgan fingerprint density at radius 3 is 1.82 bits per heavy atom. The second-order valence-electron chi connectivity index (χ2n) is 6.72. The first-order valence-electron chi connectivity index (χ1n) is 9.52. The van der Waals surface area contributed by atoms with Crippen LogP contribution in [0.25, 0.3) is 0 Å². The van der Waals surface area contributed by atoms with Crippen molar-refractivity contribution >= 4 is 5.97 Å². The Morgan fingerprint density at radius 2 is 1.27 bits per heavy atom. The zero-order chi connectivity index (χ0) is 16.6. The fraction of sp³-hybridized carbons (Fsp3) is 0.850. The number of rotatable bonds is 16. The summed E-state index contributed by atoms with van der Waals surface area (Å²) in [5, 5.41) is 8.93. The quantitative estimate of drug-likeness (QED) is 0.253. The Hall–Kier alpha value is -0.790. The molecule has 0 radical (unpaired) electrons. The third kappa shape index (κ3) is 12.9. The largest absolute Gasteiger partial charge is 0.478 e. The molecule has 2 heteroatoms. The highest BCUT2D eigenvalue weighted by Gasteiger charge is 2.11. The Kier molecular flexibility index (Phi) is 14.6. The first-order valence-corrected chi connectivity index (χ1v) is 9.52. The van der Waals surface area contributed by atoms with Crippen molar-refractivity contribution in [2.24, 2.45) is 5.92 Å². The van der Waals surface area contributed by atoms with Crippen molar-refractivity contribution in [1.82, 2.24) is 0 Å². The van der Waals surface area contributed by atoms with Gasteiger partial charge in [0.2, 0.25) is 0 Å². The summed E-state index contributed by atoms with van der Waals surface area (Å²) < 4.78 is 0. The standard InChI is InChI=1S/C20H38O2/c1-4-6-8-9-10-11-13-15-19(14-12-7-5-2)17-16-18(3)20(21)22/h19H,3-17H2,1-2H3,(H,21,22). The zero-order valence-electron chi connectivity index (χ0n) is 15.0. The summed E-state index contributed by atoms with van der Waals surface area (Å²) in [6, 6.07) is 0. The number of carboxylic acids is 1. The molecule has 0 aromatic heterocycles. The highest BCUT2D eigenvalue weighted by molar-refractivity contribution is 5.85. The first kappa shape index (κ1) is 21.2. The Labute approximate surface area is 138 Å². The molecule has 0 saturated heterocycles. The third-order valence-corrected chi connectivity index (χ3v) is 4.59. The molecule has 130 valence electrons. The molecule has 1 atom stereocenters. The monoisotopic (exact) mass is 310 g/mol. The van der Waals surface area contributed by atoms with Crippen LogP contribution >= 0.6 is 0 Å². The van der Waals surface area contributed by atoms with E-state index in [0.717, 1.165) is 6.42 Å². The maximum Gasteiger partial charge on any atom is 0.330 e. The van der Waals surface area contributed by atoms with Gasteiger partial charge in [-0.3, -0.25) is 0 Å². The van der Waals surface area contributed by atoms with E-state index in [-0.39, 0.29) is 0 Å². The molecule has 0 spiro atoms. The number of carboxylic acid groups (broad SMARTS) is 1. The van der Waals surface area contributed by atoms with Crippen LogP contribution in [0.1, 0.15) is 104 Å². The summed E-state index contributed by atoms with van der Waals surface area (Å²) in [5.41, 5.74) is 0.375. The second kappa shape index (κ2) is 15.1. The fourth-order valence-electron chi connectivity index (χ4n) is 2.99. The van der Waals surface area contributed by atoms with Crippen LogP contribution in [0.3, 0.4) is 0 Å². The van der Waals surface area contributed by atoms with E-state index in [2.05, 4.69) is 20.4 Å². The summed E-state index contributed by atoms with van der Waals surface area (Å²) in [6.45, 7) is 8.15. The van der Waals surface area contributed by atoms with E-state index in [1.165, 1.54) is 77.0 Å². The van der Waals surface area contributed by atoms with E-state index >= 15 is 0 Å². The summed E-state index contributed by atoms with van der Waals surface area (Å²) in [4.78, 5) is 10.9. The average molecular weight is 311 g/mol. The normalized spacial score (nSPS) is 12.3. The van der Waals surface area contributed by atoms with Crippen LogP contribution in [0, 0.1) is 5.92 Å². The van der Waals surface area contributed by atoms with Gasteiger partial charge in [-0.2, -0.15) is 0 Å².